The van der Waals surface area contributed by atoms with Gasteiger partial charge in [-0.25, -0.2) is 4.39 Å². The van der Waals surface area contributed by atoms with Crippen LogP contribution in [-0.4, -0.2) is 48.8 Å². The maximum absolute atomic E-state index is 12.3. The molecule has 0 aliphatic carbocycles. The first-order chi connectivity index (χ1) is 10.5. The molecule has 0 rings (SSSR count). The highest BCUT2D eigenvalue weighted by atomic mass is 19.4. The zero-order chi connectivity index (χ0) is 21.3. The molecule has 0 atom stereocenters. The first kappa shape index (κ1) is 25.8. The quantitative estimate of drug-likeness (QED) is 0.583. The normalized spacial score (nSPS) is 14.7. The molecular formula is C8H2F16O. The Morgan fingerprint density at radius 3 is 1.04 bits per heavy atom. The Balaban J connectivity index is 0. The third-order valence-electron chi connectivity index (χ3n) is 1.84. The van der Waals surface area contributed by atoms with Gasteiger partial charge in [-0.3, -0.25) is 4.79 Å². The summed E-state index contributed by atoms with van der Waals surface area (Å²) < 4.78 is 184. The van der Waals surface area contributed by atoms with Crippen molar-refractivity contribution in [1.82, 2.24) is 0 Å². The fraction of sp³-hybridized carbons (Fsp3) is 0.875. The first-order valence-corrected chi connectivity index (χ1v) is 4.91. The summed E-state index contributed by atoms with van der Waals surface area (Å²) in [5.41, 5.74) is 0. The lowest BCUT2D eigenvalue weighted by atomic mass is 10.00. The fourth-order valence-corrected chi connectivity index (χ4v) is 0.696. The molecule has 1 nitrogen and oxygen atoms in total. The second-order valence-corrected chi connectivity index (χ2v) is 3.80. The van der Waals surface area contributed by atoms with Crippen LogP contribution < -0.4 is 0 Å². The summed E-state index contributed by atoms with van der Waals surface area (Å²) in [6.45, 7) is -2.23. The molecule has 0 aromatic heterocycles. The summed E-state index contributed by atoms with van der Waals surface area (Å²) in [4.78, 5) is 9.85. The van der Waals surface area contributed by atoms with Gasteiger partial charge in [0.1, 0.15) is 0 Å². The van der Waals surface area contributed by atoms with Crippen LogP contribution in [0.4, 0.5) is 70.2 Å². The molecule has 17 heteroatoms. The van der Waals surface area contributed by atoms with Crippen LogP contribution in [0, 0.1) is 0 Å². The van der Waals surface area contributed by atoms with Crippen LogP contribution in [0.5, 0.6) is 0 Å². The topological polar surface area (TPSA) is 17.1 Å². The van der Waals surface area contributed by atoms with E-state index in [-0.39, 0.29) is 0 Å². The van der Waals surface area contributed by atoms with Gasteiger partial charge in [-0.15, -0.1) is 0 Å². The van der Waals surface area contributed by atoms with Crippen molar-refractivity contribution in [2.24, 2.45) is 0 Å². The van der Waals surface area contributed by atoms with Gasteiger partial charge in [0, 0.05) is 0 Å². The van der Waals surface area contributed by atoms with Gasteiger partial charge in [-0.1, -0.05) is 0 Å². The Morgan fingerprint density at radius 1 is 0.600 bits per heavy atom. The number of hydrogen-bond acceptors (Lipinski definition) is 1. The van der Waals surface area contributed by atoms with E-state index in [4.69, 9.17) is 0 Å². The summed E-state index contributed by atoms with van der Waals surface area (Å²) in [6, 6.07) is 0. The minimum atomic E-state index is -7.61. The van der Waals surface area contributed by atoms with Crippen LogP contribution in [0.25, 0.3) is 0 Å². The molecule has 0 unspecified atom stereocenters. The number of hydrogen-bond donors (Lipinski definition) is 0. The molecule has 152 valence electrons. The molecule has 0 amide bonds. The molecule has 25 heavy (non-hydrogen) atoms. The van der Waals surface area contributed by atoms with Gasteiger partial charge in [-0.05, 0) is 0 Å². The van der Waals surface area contributed by atoms with Crippen molar-refractivity contribution in [2.75, 3.05) is 6.67 Å². The second kappa shape index (κ2) is 7.05. The molecule has 0 bridgehead atoms. The van der Waals surface area contributed by atoms with Crippen molar-refractivity contribution in [3.8, 4) is 0 Å². The molecule has 0 saturated carbocycles. The average Bonchev–Trinajstić information content (AvgIpc) is 2.34. The number of Topliss-reactive ketones (excluding diaryl/α,β-unsaturated/α-hetero) is 1. The van der Waals surface area contributed by atoms with Crippen molar-refractivity contribution in [2.45, 2.75) is 36.3 Å². The highest BCUT2D eigenvalue weighted by molar-refractivity contribution is 5.91. The highest BCUT2D eigenvalue weighted by Gasteiger charge is 2.85. The smallest absolute Gasteiger partial charge is 0.282 e. The van der Waals surface area contributed by atoms with Crippen LogP contribution in [-0.2, 0) is 4.79 Å². The Kier molecular flexibility index (Phi) is 7.27. The summed E-state index contributed by atoms with van der Waals surface area (Å²) in [5, 5.41) is 0. The lowest BCUT2D eigenvalue weighted by Gasteiger charge is -2.32. The number of carbonyl (C=O) groups excluding carboxylic acids is 1. The molecule has 0 aliphatic rings. The number of ketones is 1. The van der Waals surface area contributed by atoms with Gasteiger partial charge in [0.2, 0.25) is 0 Å². The predicted molar refractivity (Wildman–Crippen MR) is 44.0 cm³/mol. The summed E-state index contributed by atoms with van der Waals surface area (Å²) in [6.07, 6.45) is -18.6. The van der Waals surface area contributed by atoms with E-state index in [1.54, 1.807) is 0 Å². The van der Waals surface area contributed by atoms with E-state index in [2.05, 4.69) is 0 Å². The van der Waals surface area contributed by atoms with Gasteiger partial charge < -0.3 is 0 Å². The van der Waals surface area contributed by atoms with E-state index in [1.165, 1.54) is 0 Å². The van der Waals surface area contributed by atoms with E-state index in [0.717, 1.165) is 0 Å². The minimum absolute atomic E-state index is 2.23. The van der Waals surface area contributed by atoms with Crippen LogP contribution in [0.2, 0.25) is 0 Å². The van der Waals surface area contributed by atoms with E-state index in [0.29, 0.717) is 0 Å². The van der Waals surface area contributed by atoms with Crippen LogP contribution >= 0.6 is 0 Å². The largest absolute Gasteiger partial charge is 0.460 e. The van der Waals surface area contributed by atoms with Crippen LogP contribution in [0.15, 0.2) is 0 Å². The number of alkyl halides is 16. The Bertz CT molecular complexity index is 450. The molecular weight excluding hydrogens is 416 g/mol. The maximum atomic E-state index is 12.3. The Morgan fingerprint density at radius 2 is 0.880 bits per heavy atom. The lowest BCUT2D eigenvalue weighted by molar-refractivity contribution is -0.390. The van der Waals surface area contributed by atoms with Crippen molar-refractivity contribution < 1.29 is 75.0 Å². The SMILES string of the molecule is FCC(F)(F)F.O=C(C(F)(F)F)C(F)(F)C(F)(F)C(F)(F)C(F)(F)F. The second-order valence-electron chi connectivity index (χ2n) is 3.80. The zero-order valence-corrected chi connectivity index (χ0v) is 10.7. The molecule has 0 N–H and O–H groups in total. The van der Waals surface area contributed by atoms with Crippen molar-refractivity contribution in [3.63, 3.8) is 0 Å². The molecule has 0 aliphatic heterocycles. The van der Waals surface area contributed by atoms with Crippen LogP contribution in [0.1, 0.15) is 0 Å². The number of rotatable bonds is 3. The molecule has 0 spiro atoms. The van der Waals surface area contributed by atoms with E-state index >= 15 is 0 Å². The number of carbonyl (C=O) groups is 1. The van der Waals surface area contributed by atoms with E-state index in [9.17, 15) is 75.0 Å². The third kappa shape index (κ3) is 5.79. The Labute approximate surface area is 125 Å². The molecule has 0 saturated heterocycles. The molecule has 0 aromatic carbocycles. The summed E-state index contributed by atoms with van der Waals surface area (Å²) >= 11 is 0. The highest BCUT2D eigenvalue weighted by Crippen LogP contribution is 2.54. The Hall–Kier alpha value is -1.45. The lowest BCUT2D eigenvalue weighted by Crippen LogP contribution is -2.65. The minimum Gasteiger partial charge on any atom is -0.282 e. The van der Waals surface area contributed by atoms with Gasteiger partial charge >= 0.3 is 42.1 Å². The van der Waals surface area contributed by atoms with Gasteiger partial charge in [-0.2, -0.15) is 65.9 Å². The summed E-state index contributed by atoms with van der Waals surface area (Å²) in [7, 11) is 0. The standard InChI is InChI=1S/C6F12O.C2H2F4/c7-2(8,1(19)3(9,10)11)4(12,13)5(14,15)6(16,17)18;3-1-2(4,5)6/h;1H2. The van der Waals surface area contributed by atoms with Crippen LogP contribution in [0.3, 0.4) is 0 Å². The van der Waals surface area contributed by atoms with E-state index in [1.807, 2.05) is 0 Å². The average molecular weight is 418 g/mol. The number of halogens is 16. The van der Waals surface area contributed by atoms with Gasteiger partial charge in [0.15, 0.2) is 6.67 Å². The maximum Gasteiger partial charge on any atom is 0.460 e. The first-order valence-electron chi connectivity index (χ1n) is 4.91. The molecule has 0 heterocycles. The monoisotopic (exact) mass is 418 g/mol. The summed E-state index contributed by atoms with van der Waals surface area (Å²) in [5.74, 6) is -27.1. The van der Waals surface area contributed by atoms with Crippen molar-refractivity contribution in [1.29, 1.82) is 0 Å². The van der Waals surface area contributed by atoms with Crippen molar-refractivity contribution in [3.05, 3.63) is 0 Å². The zero-order valence-electron chi connectivity index (χ0n) is 10.7. The van der Waals surface area contributed by atoms with E-state index < -0.39 is 48.8 Å². The van der Waals surface area contributed by atoms with Crippen molar-refractivity contribution >= 4 is 5.78 Å². The molecule has 0 radical (unpaired) electrons. The molecule has 0 aromatic rings. The predicted octanol–water partition coefficient (Wildman–Crippen LogP) is 5.10. The molecule has 0 fully saturated rings. The van der Waals surface area contributed by atoms with Gasteiger partial charge in [0.25, 0.3) is 0 Å². The van der Waals surface area contributed by atoms with Gasteiger partial charge in [0.05, 0.1) is 0 Å². The fourth-order valence-electron chi connectivity index (χ4n) is 0.696. The third-order valence-corrected chi connectivity index (χ3v) is 1.84.